The highest BCUT2D eigenvalue weighted by molar-refractivity contribution is 6.31. The van der Waals surface area contributed by atoms with E-state index in [0.717, 1.165) is 27.8 Å². The number of fused-ring (bicyclic) bond motifs is 1. The van der Waals surface area contributed by atoms with Crippen LogP contribution in [0.3, 0.4) is 0 Å². The van der Waals surface area contributed by atoms with Crippen molar-refractivity contribution in [2.75, 3.05) is 19.0 Å². The minimum atomic E-state index is -0.587. The Bertz CT molecular complexity index is 541. The first-order valence-electron chi connectivity index (χ1n) is 5.86. The van der Waals surface area contributed by atoms with Gasteiger partial charge in [0.15, 0.2) is 0 Å². The summed E-state index contributed by atoms with van der Waals surface area (Å²) in [7, 11) is 3.97. The van der Waals surface area contributed by atoms with Gasteiger partial charge in [0.1, 0.15) is 0 Å². The number of rotatable bonds is 2. The summed E-state index contributed by atoms with van der Waals surface area (Å²) in [5, 5.41) is 11.4. The van der Waals surface area contributed by atoms with Crippen LogP contribution in [0.15, 0.2) is 18.2 Å². The van der Waals surface area contributed by atoms with Crippen molar-refractivity contribution in [2.24, 2.45) is 0 Å². The van der Waals surface area contributed by atoms with Crippen molar-refractivity contribution in [1.29, 1.82) is 0 Å². The molecule has 18 heavy (non-hydrogen) atoms. The van der Waals surface area contributed by atoms with E-state index < -0.39 is 6.10 Å². The summed E-state index contributed by atoms with van der Waals surface area (Å²) in [5.41, 5.74) is 3.57. The summed E-state index contributed by atoms with van der Waals surface area (Å²) >= 11 is 6.13. The van der Waals surface area contributed by atoms with E-state index in [1.807, 2.05) is 38.1 Å². The van der Waals surface area contributed by atoms with Crippen molar-refractivity contribution in [1.82, 2.24) is 4.98 Å². The van der Waals surface area contributed by atoms with E-state index in [9.17, 15) is 5.11 Å². The van der Waals surface area contributed by atoms with E-state index in [2.05, 4.69) is 4.98 Å². The lowest BCUT2D eigenvalue weighted by Gasteiger charge is -2.18. The smallest absolute Gasteiger partial charge is 0.0784 e. The molecule has 1 heterocycles. The summed E-state index contributed by atoms with van der Waals surface area (Å²) < 4.78 is 0. The van der Waals surface area contributed by atoms with Crippen LogP contribution < -0.4 is 4.90 Å². The fourth-order valence-electron chi connectivity index (χ4n) is 2.11. The fourth-order valence-corrected chi connectivity index (χ4v) is 2.34. The van der Waals surface area contributed by atoms with E-state index in [0.29, 0.717) is 5.02 Å². The summed E-state index contributed by atoms with van der Waals surface area (Å²) in [4.78, 5) is 6.56. The standard InChI is InChI=1S/C14H17ClN2O/c1-8-5-13(17(3)4)12-7-10(15)6-11(9(2)18)14(12)16-8/h5-7,9,18H,1-4H3. The molecule has 1 aromatic heterocycles. The Morgan fingerprint density at radius 1 is 1.28 bits per heavy atom. The molecular weight excluding hydrogens is 248 g/mol. The van der Waals surface area contributed by atoms with Crippen LogP contribution in [-0.2, 0) is 0 Å². The van der Waals surface area contributed by atoms with Crippen molar-refractivity contribution < 1.29 is 5.11 Å². The van der Waals surface area contributed by atoms with E-state index >= 15 is 0 Å². The number of aromatic nitrogens is 1. The molecule has 0 spiro atoms. The lowest BCUT2D eigenvalue weighted by atomic mass is 10.0. The van der Waals surface area contributed by atoms with Crippen LogP contribution in [-0.4, -0.2) is 24.2 Å². The zero-order valence-electron chi connectivity index (χ0n) is 11.0. The lowest BCUT2D eigenvalue weighted by molar-refractivity contribution is 0.200. The van der Waals surface area contributed by atoms with Crippen molar-refractivity contribution in [3.8, 4) is 0 Å². The van der Waals surface area contributed by atoms with Crippen LogP contribution in [0, 0.1) is 6.92 Å². The first-order valence-corrected chi connectivity index (χ1v) is 6.24. The van der Waals surface area contributed by atoms with Gasteiger partial charge in [0.05, 0.1) is 11.6 Å². The molecule has 1 N–H and O–H groups in total. The highest BCUT2D eigenvalue weighted by Gasteiger charge is 2.14. The number of hydrogen-bond donors (Lipinski definition) is 1. The third kappa shape index (κ3) is 2.28. The number of benzene rings is 1. The maximum Gasteiger partial charge on any atom is 0.0784 e. The Balaban J connectivity index is 2.89. The number of nitrogens with zero attached hydrogens (tertiary/aromatic N) is 2. The zero-order valence-corrected chi connectivity index (χ0v) is 11.8. The quantitative estimate of drug-likeness (QED) is 0.904. The molecule has 0 aliphatic heterocycles. The second kappa shape index (κ2) is 4.75. The molecule has 0 aliphatic rings. The van der Waals surface area contributed by atoms with E-state index in [4.69, 9.17) is 11.6 Å². The van der Waals surface area contributed by atoms with Gasteiger partial charge in [0, 0.05) is 41.4 Å². The normalized spacial score (nSPS) is 12.8. The molecule has 0 saturated carbocycles. The van der Waals surface area contributed by atoms with Gasteiger partial charge in [-0.3, -0.25) is 4.98 Å². The summed E-state index contributed by atoms with van der Waals surface area (Å²) in [6, 6.07) is 5.69. The van der Waals surface area contributed by atoms with Gasteiger partial charge >= 0.3 is 0 Å². The highest BCUT2D eigenvalue weighted by Crippen LogP contribution is 2.33. The molecule has 0 radical (unpaired) electrons. The second-order valence-corrected chi connectivity index (χ2v) is 5.18. The molecule has 0 fully saturated rings. The van der Waals surface area contributed by atoms with Gasteiger partial charge in [-0.1, -0.05) is 11.6 Å². The van der Waals surface area contributed by atoms with Crippen LogP contribution in [0.2, 0.25) is 5.02 Å². The average Bonchev–Trinajstić information content (AvgIpc) is 2.27. The summed E-state index contributed by atoms with van der Waals surface area (Å²) in [6.07, 6.45) is -0.587. The third-order valence-corrected chi connectivity index (χ3v) is 3.16. The van der Waals surface area contributed by atoms with Crippen LogP contribution in [0.4, 0.5) is 5.69 Å². The molecule has 3 nitrogen and oxygen atoms in total. The monoisotopic (exact) mass is 264 g/mol. The van der Waals surface area contributed by atoms with Gasteiger partial charge in [-0.15, -0.1) is 0 Å². The Kier molecular flexibility index (Phi) is 3.46. The topological polar surface area (TPSA) is 36.4 Å². The number of aryl methyl sites for hydroxylation is 1. The molecule has 0 saturated heterocycles. The SMILES string of the molecule is Cc1cc(N(C)C)c2cc(Cl)cc(C(C)O)c2n1. The molecule has 96 valence electrons. The van der Waals surface area contributed by atoms with Crippen molar-refractivity contribution in [3.05, 3.63) is 34.5 Å². The number of aliphatic hydroxyl groups is 1. The largest absolute Gasteiger partial charge is 0.389 e. The zero-order chi connectivity index (χ0) is 13.4. The number of aliphatic hydroxyl groups excluding tert-OH is 1. The predicted octanol–water partition coefficient (Wildman–Crippen LogP) is 3.32. The average molecular weight is 265 g/mol. The van der Waals surface area contributed by atoms with Crippen molar-refractivity contribution in [2.45, 2.75) is 20.0 Å². The minimum absolute atomic E-state index is 0.587. The molecular formula is C14H17ClN2O. The first-order chi connectivity index (χ1) is 8.40. The van der Waals surface area contributed by atoms with Crippen molar-refractivity contribution >= 4 is 28.2 Å². The van der Waals surface area contributed by atoms with Crippen LogP contribution in [0.25, 0.3) is 10.9 Å². The minimum Gasteiger partial charge on any atom is -0.389 e. The highest BCUT2D eigenvalue weighted by atomic mass is 35.5. The number of hydrogen-bond acceptors (Lipinski definition) is 3. The maximum atomic E-state index is 9.85. The van der Waals surface area contributed by atoms with Crippen LogP contribution in [0.1, 0.15) is 24.3 Å². The summed E-state index contributed by atoms with van der Waals surface area (Å²) in [6.45, 7) is 3.68. The first kappa shape index (κ1) is 13.1. The van der Waals surface area contributed by atoms with E-state index in [1.54, 1.807) is 13.0 Å². The number of anilines is 1. The van der Waals surface area contributed by atoms with Gasteiger partial charge in [-0.25, -0.2) is 0 Å². The van der Waals surface area contributed by atoms with Gasteiger partial charge in [0.2, 0.25) is 0 Å². The lowest BCUT2D eigenvalue weighted by Crippen LogP contribution is -2.10. The van der Waals surface area contributed by atoms with E-state index in [-0.39, 0.29) is 0 Å². The molecule has 0 amide bonds. The third-order valence-electron chi connectivity index (χ3n) is 2.95. The van der Waals surface area contributed by atoms with E-state index in [1.165, 1.54) is 0 Å². The summed E-state index contributed by atoms with van der Waals surface area (Å²) in [5.74, 6) is 0. The molecule has 4 heteroatoms. The van der Waals surface area contributed by atoms with Gasteiger partial charge in [-0.05, 0) is 32.0 Å². The van der Waals surface area contributed by atoms with Crippen LogP contribution in [0.5, 0.6) is 0 Å². The number of halogens is 1. The molecule has 2 rings (SSSR count). The molecule has 0 bridgehead atoms. The van der Waals surface area contributed by atoms with Gasteiger partial charge in [-0.2, -0.15) is 0 Å². The Morgan fingerprint density at radius 3 is 2.50 bits per heavy atom. The second-order valence-electron chi connectivity index (χ2n) is 4.74. The Morgan fingerprint density at radius 2 is 1.94 bits per heavy atom. The fraction of sp³-hybridized carbons (Fsp3) is 0.357. The van der Waals surface area contributed by atoms with Crippen LogP contribution >= 0.6 is 11.6 Å². The molecule has 0 aliphatic carbocycles. The molecule has 1 unspecified atom stereocenters. The molecule has 1 aromatic carbocycles. The predicted molar refractivity (Wildman–Crippen MR) is 76.5 cm³/mol. The maximum absolute atomic E-state index is 9.85. The number of pyridine rings is 1. The Hall–Kier alpha value is -1.32. The molecule has 2 aromatic rings. The van der Waals surface area contributed by atoms with Gasteiger partial charge in [0.25, 0.3) is 0 Å². The molecule has 1 atom stereocenters. The van der Waals surface area contributed by atoms with Gasteiger partial charge < -0.3 is 10.0 Å². The Labute approximate surface area is 112 Å². The van der Waals surface area contributed by atoms with Crippen molar-refractivity contribution in [3.63, 3.8) is 0 Å².